The van der Waals surface area contributed by atoms with Gasteiger partial charge in [0.2, 0.25) is 5.91 Å². The fourth-order valence-electron chi connectivity index (χ4n) is 1.35. The van der Waals surface area contributed by atoms with Crippen molar-refractivity contribution >= 4 is 23.6 Å². The van der Waals surface area contributed by atoms with Gasteiger partial charge < -0.3 is 21.3 Å². The summed E-state index contributed by atoms with van der Waals surface area (Å²) in [5.74, 6) is -1.66. The van der Waals surface area contributed by atoms with Crippen LogP contribution in [0.5, 0.6) is 0 Å². The van der Waals surface area contributed by atoms with Gasteiger partial charge in [-0.05, 0) is 23.8 Å². The molecular formula is C13H16N2O4. The van der Waals surface area contributed by atoms with Crippen LogP contribution in [-0.4, -0.2) is 34.7 Å². The van der Waals surface area contributed by atoms with E-state index in [9.17, 15) is 9.59 Å². The number of nitrogen functional groups attached to an aromatic ring is 1. The van der Waals surface area contributed by atoms with Crippen molar-refractivity contribution in [2.45, 2.75) is 12.5 Å². The minimum atomic E-state index is -1.46. The molecule has 19 heavy (non-hydrogen) atoms. The van der Waals surface area contributed by atoms with E-state index in [-0.39, 0.29) is 18.9 Å². The average molecular weight is 264 g/mol. The summed E-state index contributed by atoms with van der Waals surface area (Å²) in [6.07, 6.45) is 1.42. The fourth-order valence-corrected chi connectivity index (χ4v) is 1.35. The zero-order chi connectivity index (χ0) is 14.3. The van der Waals surface area contributed by atoms with Gasteiger partial charge in [-0.3, -0.25) is 4.79 Å². The molecule has 1 rings (SSSR count). The molecule has 102 valence electrons. The van der Waals surface area contributed by atoms with Crippen molar-refractivity contribution in [2.24, 2.45) is 0 Å². The van der Waals surface area contributed by atoms with Crippen molar-refractivity contribution in [3.05, 3.63) is 35.9 Å². The smallest absolute Gasteiger partial charge is 0.332 e. The lowest BCUT2D eigenvalue weighted by molar-refractivity contribution is -0.147. The second kappa shape index (κ2) is 7.17. The van der Waals surface area contributed by atoms with Crippen molar-refractivity contribution < 1.29 is 19.8 Å². The van der Waals surface area contributed by atoms with Crippen LogP contribution in [0.2, 0.25) is 0 Å². The Balaban J connectivity index is 2.37. The van der Waals surface area contributed by atoms with Gasteiger partial charge in [0.1, 0.15) is 0 Å². The number of aliphatic hydroxyl groups excluding tert-OH is 1. The summed E-state index contributed by atoms with van der Waals surface area (Å²) in [4.78, 5) is 21.7. The summed E-state index contributed by atoms with van der Waals surface area (Å²) in [5, 5.41) is 19.9. The van der Waals surface area contributed by atoms with E-state index in [0.717, 1.165) is 5.56 Å². The number of nitrogens with two attached hydrogens (primary N) is 1. The van der Waals surface area contributed by atoms with Gasteiger partial charge in [0.25, 0.3) is 0 Å². The third-order valence-corrected chi connectivity index (χ3v) is 2.34. The highest BCUT2D eigenvalue weighted by Crippen LogP contribution is 2.07. The van der Waals surface area contributed by atoms with E-state index in [4.69, 9.17) is 15.9 Å². The summed E-state index contributed by atoms with van der Waals surface area (Å²) in [6.45, 7) is 0.0908. The Bertz CT molecular complexity index is 485. The number of rotatable bonds is 6. The van der Waals surface area contributed by atoms with Crippen LogP contribution in [0, 0.1) is 0 Å². The van der Waals surface area contributed by atoms with Gasteiger partial charge in [-0.25, -0.2) is 4.79 Å². The summed E-state index contributed by atoms with van der Waals surface area (Å²) >= 11 is 0. The number of hydrogen-bond acceptors (Lipinski definition) is 4. The van der Waals surface area contributed by atoms with Crippen molar-refractivity contribution in [3.8, 4) is 0 Å². The maximum absolute atomic E-state index is 11.4. The van der Waals surface area contributed by atoms with Gasteiger partial charge in [-0.15, -0.1) is 0 Å². The molecular weight excluding hydrogens is 248 g/mol. The van der Waals surface area contributed by atoms with Gasteiger partial charge in [0.15, 0.2) is 6.10 Å². The summed E-state index contributed by atoms with van der Waals surface area (Å²) in [6, 6.07) is 7.03. The third-order valence-electron chi connectivity index (χ3n) is 2.34. The molecule has 0 aliphatic heterocycles. The van der Waals surface area contributed by atoms with Crippen molar-refractivity contribution in [3.63, 3.8) is 0 Å². The molecule has 1 aromatic carbocycles. The highest BCUT2D eigenvalue weighted by molar-refractivity contribution is 5.91. The molecule has 1 atom stereocenters. The van der Waals surface area contributed by atoms with E-state index in [1.54, 1.807) is 30.3 Å². The molecule has 0 radical (unpaired) electrons. The quantitative estimate of drug-likeness (QED) is 0.434. The number of aliphatic hydroxyl groups is 1. The maximum atomic E-state index is 11.4. The van der Waals surface area contributed by atoms with Crippen molar-refractivity contribution in [1.82, 2.24) is 5.32 Å². The highest BCUT2D eigenvalue weighted by atomic mass is 16.4. The lowest BCUT2D eigenvalue weighted by atomic mass is 10.2. The molecule has 0 saturated carbocycles. The molecule has 0 spiro atoms. The first-order valence-corrected chi connectivity index (χ1v) is 5.71. The SMILES string of the molecule is Nc1cccc(/C=C/C(=O)NCCC(O)C(=O)O)c1. The molecule has 0 fully saturated rings. The molecule has 6 heteroatoms. The van der Waals surface area contributed by atoms with Crippen molar-refractivity contribution in [2.75, 3.05) is 12.3 Å². The zero-order valence-electron chi connectivity index (χ0n) is 10.2. The Kier molecular flexibility index (Phi) is 5.56. The van der Waals surface area contributed by atoms with Crippen LogP contribution in [0.4, 0.5) is 5.69 Å². The topological polar surface area (TPSA) is 113 Å². The lowest BCUT2D eigenvalue weighted by Gasteiger charge is -2.05. The Hall–Kier alpha value is -2.34. The molecule has 5 N–H and O–H groups in total. The summed E-state index contributed by atoms with van der Waals surface area (Å²) in [7, 11) is 0. The molecule has 1 amide bonds. The minimum Gasteiger partial charge on any atom is -0.479 e. The third kappa shape index (κ3) is 5.69. The Morgan fingerprint density at radius 1 is 1.42 bits per heavy atom. The first-order chi connectivity index (χ1) is 8.99. The Morgan fingerprint density at radius 2 is 2.16 bits per heavy atom. The number of benzene rings is 1. The largest absolute Gasteiger partial charge is 0.479 e. The van der Waals surface area contributed by atoms with E-state index in [1.807, 2.05) is 0 Å². The number of carboxylic acid groups (broad SMARTS) is 1. The van der Waals surface area contributed by atoms with E-state index in [2.05, 4.69) is 5.32 Å². The van der Waals surface area contributed by atoms with Gasteiger partial charge in [-0.1, -0.05) is 12.1 Å². The number of anilines is 1. The highest BCUT2D eigenvalue weighted by Gasteiger charge is 2.12. The first-order valence-electron chi connectivity index (χ1n) is 5.71. The number of carbonyl (C=O) groups is 2. The number of carboxylic acids is 1. The van der Waals surface area contributed by atoms with Gasteiger partial charge >= 0.3 is 5.97 Å². The summed E-state index contributed by atoms with van der Waals surface area (Å²) in [5.41, 5.74) is 6.99. The monoisotopic (exact) mass is 264 g/mol. The number of aliphatic carboxylic acids is 1. The Labute approximate surface area is 110 Å². The number of nitrogens with one attached hydrogen (secondary N) is 1. The number of carbonyl (C=O) groups excluding carboxylic acids is 1. The van der Waals surface area contributed by atoms with E-state index < -0.39 is 12.1 Å². The standard InChI is InChI=1S/C13H16N2O4/c14-10-3-1-2-9(8-10)4-5-12(17)15-7-6-11(16)13(18)19/h1-5,8,11,16H,6-7,14H2,(H,15,17)(H,18,19)/b5-4+. The van der Waals surface area contributed by atoms with E-state index in [0.29, 0.717) is 5.69 Å². The predicted octanol–water partition coefficient (Wildman–Crippen LogP) is 0.234. The van der Waals surface area contributed by atoms with Crippen LogP contribution in [0.15, 0.2) is 30.3 Å². The van der Waals surface area contributed by atoms with Crippen LogP contribution < -0.4 is 11.1 Å². The van der Waals surface area contributed by atoms with Crippen LogP contribution in [0.25, 0.3) is 6.08 Å². The van der Waals surface area contributed by atoms with Crippen molar-refractivity contribution in [1.29, 1.82) is 0 Å². The predicted molar refractivity (Wildman–Crippen MR) is 71.2 cm³/mol. The second-order valence-electron chi connectivity index (χ2n) is 3.94. The lowest BCUT2D eigenvalue weighted by Crippen LogP contribution is -2.28. The van der Waals surface area contributed by atoms with Crippen LogP contribution in [-0.2, 0) is 9.59 Å². The molecule has 0 aliphatic rings. The molecule has 0 aliphatic carbocycles. The summed E-state index contributed by atoms with van der Waals surface area (Å²) < 4.78 is 0. The van der Waals surface area contributed by atoms with Crippen LogP contribution >= 0.6 is 0 Å². The van der Waals surface area contributed by atoms with E-state index in [1.165, 1.54) is 6.08 Å². The molecule has 1 aromatic rings. The second-order valence-corrected chi connectivity index (χ2v) is 3.94. The molecule has 0 bridgehead atoms. The number of amides is 1. The van der Waals surface area contributed by atoms with Gasteiger partial charge in [0.05, 0.1) is 0 Å². The zero-order valence-corrected chi connectivity index (χ0v) is 10.2. The normalized spacial score (nSPS) is 12.3. The molecule has 6 nitrogen and oxygen atoms in total. The Morgan fingerprint density at radius 3 is 2.79 bits per heavy atom. The number of hydrogen-bond donors (Lipinski definition) is 4. The van der Waals surface area contributed by atoms with Crippen LogP contribution in [0.3, 0.4) is 0 Å². The molecule has 0 aromatic heterocycles. The van der Waals surface area contributed by atoms with Gasteiger partial charge in [0, 0.05) is 24.7 Å². The molecule has 0 heterocycles. The fraction of sp³-hybridized carbons (Fsp3) is 0.231. The van der Waals surface area contributed by atoms with Crippen LogP contribution in [0.1, 0.15) is 12.0 Å². The maximum Gasteiger partial charge on any atom is 0.332 e. The minimum absolute atomic E-state index is 0.0345. The molecule has 0 saturated heterocycles. The first kappa shape index (κ1) is 14.7. The van der Waals surface area contributed by atoms with E-state index >= 15 is 0 Å². The van der Waals surface area contributed by atoms with Gasteiger partial charge in [-0.2, -0.15) is 0 Å². The molecule has 1 unspecified atom stereocenters. The average Bonchev–Trinajstić information content (AvgIpc) is 2.36.